The molecule has 2 heteroatoms. The van der Waals surface area contributed by atoms with Gasteiger partial charge < -0.3 is 5.73 Å². The van der Waals surface area contributed by atoms with Gasteiger partial charge in [-0.3, -0.25) is 4.99 Å². The highest BCUT2D eigenvalue weighted by atomic mass is 14.7. The Labute approximate surface area is 105 Å². The van der Waals surface area contributed by atoms with E-state index in [1.165, 1.54) is 0 Å². The van der Waals surface area contributed by atoms with Crippen molar-refractivity contribution in [3.05, 3.63) is 48.2 Å². The lowest BCUT2D eigenvalue weighted by atomic mass is 10.1. The minimum atomic E-state index is 0.775. The lowest BCUT2D eigenvalue weighted by molar-refractivity contribution is 1.34. The molecule has 0 amide bonds. The molecule has 0 saturated carbocycles. The topological polar surface area (TPSA) is 38.4 Å². The highest BCUT2D eigenvalue weighted by Crippen LogP contribution is 2.15. The van der Waals surface area contributed by atoms with Gasteiger partial charge in [-0.1, -0.05) is 32.6 Å². The molecule has 0 radical (unpaired) electrons. The summed E-state index contributed by atoms with van der Waals surface area (Å²) in [5, 5.41) is 0. The number of anilines is 1. The van der Waals surface area contributed by atoms with E-state index in [-0.39, 0.29) is 0 Å². The molecular formula is C15H22N2. The van der Waals surface area contributed by atoms with Gasteiger partial charge in [-0.05, 0) is 43.2 Å². The fourth-order valence-corrected chi connectivity index (χ4v) is 1.16. The molecule has 0 bridgehead atoms. The van der Waals surface area contributed by atoms with Gasteiger partial charge in [0.1, 0.15) is 0 Å². The molecule has 2 nitrogen and oxygen atoms in total. The van der Waals surface area contributed by atoms with E-state index in [0.717, 1.165) is 22.5 Å². The van der Waals surface area contributed by atoms with Crippen molar-refractivity contribution in [2.75, 3.05) is 5.73 Å². The van der Waals surface area contributed by atoms with Crippen LogP contribution in [0.1, 0.15) is 33.3 Å². The highest BCUT2D eigenvalue weighted by molar-refractivity contribution is 5.84. The van der Waals surface area contributed by atoms with Crippen LogP contribution < -0.4 is 5.73 Å². The standard InChI is InChI=1S/C13H16N2.C2H6/c1-10(2)15-8-7-11(3)12-5-4-6-13(14)9-12;1-2/h4-9H,1,14H2,2-3H3;1-2H3/b11-7+,15-8?;. The van der Waals surface area contributed by atoms with Gasteiger partial charge in [0.05, 0.1) is 0 Å². The van der Waals surface area contributed by atoms with Crippen LogP contribution in [0.5, 0.6) is 0 Å². The normalized spacial score (nSPS) is 10.9. The average molecular weight is 230 g/mol. The Morgan fingerprint density at radius 3 is 2.47 bits per heavy atom. The minimum Gasteiger partial charge on any atom is -0.399 e. The number of benzene rings is 1. The zero-order chi connectivity index (χ0) is 13.3. The molecule has 0 aromatic heterocycles. The van der Waals surface area contributed by atoms with E-state index in [2.05, 4.69) is 11.6 Å². The molecule has 1 aromatic carbocycles. The Hall–Kier alpha value is -1.83. The summed E-state index contributed by atoms with van der Waals surface area (Å²) in [6, 6.07) is 7.79. The summed E-state index contributed by atoms with van der Waals surface area (Å²) in [7, 11) is 0. The van der Waals surface area contributed by atoms with Crippen molar-refractivity contribution in [2.45, 2.75) is 27.7 Å². The minimum absolute atomic E-state index is 0.775. The number of hydrogen-bond acceptors (Lipinski definition) is 2. The van der Waals surface area contributed by atoms with Gasteiger partial charge in [-0.2, -0.15) is 0 Å². The summed E-state index contributed by atoms with van der Waals surface area (Å²) in [5.41, 5.74) is 9.52. The largest absolute Gasteiger partial charge is 0.399 e. The van der Waals surface area contributed by atoms with E-state index >= 15 is 0 Å². The molecule has 0 fully saturated rings. The van der Waals surface area contributed by atoms with Crippen molar-refractivity contribution in [3.63, 3.8) is 0 Å². The lowest BCUT2D eigenvalue weighted by Gasteiger charge is -2.01. The molecule has 92 valence electrons. The van der Waals surface area contributed by atoms with Crippen LogP contribution in [0, 0.1) is 0 Å². The number of hydrogen-bond donors (Lipinski definition) is 1. The first-order chi connectivity index (χ1) is 8.09. The van der Waals surface area contributed by atoms with E-state index in [0.29, 0.717) is 0 Å². The smallest absolute Gasteiger partial charge is 0.0320 e. The summed E-state index contributed by atoms with van der Waals surface area (Å²) >= 11 is 0. The fourth-order valence-electron chi connectivity index (χ4n) is 1.16. The Morgan fingerprint density at radius 2 is 1.94 bits per heavy atom. The van der Waals surface area contributed by atoms with Crippen LogP contribution in [0.3, 0.4) is 0 Å². The maximum atomic E-state index is 5.70. The molecule has 17 heavy (non-hydrogen) atoms. The SMILES string of the molecule is C=C(C)N=C/C=C(\C)c1cccc(N)c1.CC. The molecular weight excluding hydrogens is 208 g/mol. The quantitative estimate of drug-likeness (QED) is 0.610. The zero-order valence-corrected chi connectivity index (χ0v) is 11.2. The lowest BCUT2D eigenvalue weighted by Crippen LogP contribution is -1.86. The van der Waals surface area contributed by atoms with Gasteiger partial charge in [-0.25, -0.2) is 0 Å². The molecule has 0 atom stereocenters. The van der Waals surface area contributed by atoms with Gasteiger partial charge in [0, 0.05) is 17.6 Å². The maximum Gasteiger partial charge on any atom is 0.0320 e. The maximum absolute atomic E-state index is 5.70. The van der Waals surface area contributed by atoms with E-state index in [1.54, 1.807) is 6.21 Å². The predicted octanol–water partition coefficient (Wildman–Crippen LogP) is 4.30. The van der Waals surface area contributed by atoms with Crippen LogP contribution in [0.15, 0.2) is 47.6 Å². The third kappa shape index (κ3) is 6.36. The number of allylic oxidation sites excluding steroid dienone is 3. The molecule has 0 saturated heterocycles. The molecule has 0 aliphatic carbocycles. The molecule has 0 aliphatic heterocycles. The van der Waals surface area contributed by atoms with Crippen LogP contribution in [0.4, 0.5) is 5.69 Å². The predicted molar refractivity (Wildman–Crippen MR) is 79.2 cm³/mol. The molecule has 0 aliphatic rings. The van der Waals surface area contributed by atoms with E-state index in [1.807, 2.05) is 58.0 Å². The Kier molecular flexibility index (Phi) is 7.44. The summed E-state index contributed by atoms with van der Waals surface area (Å²) in [6.45, 7) is 11.6. The second-order valence-corrected chi connectivity index (χ2v) is 3.49. The fraction of sp³-hybridized carbons (Fsp3) is 0.267. The monoisotopic (exact) mass is 230 g/mol. The summed E-state index contributed by atoms with van der Waals surface area (Å²) < 4.78 is 0. The van der Waals surface area contributed by atoms with Crippen LogP contribution in [-0.4, -0.2) is 6.21 Å². The summed E-state index contributed by atoms with van der Waals surface area (Å²) in [6.07, 6.45) is 3.70. The van der Waals surface area contributed by atoms with Gasteiger partial charge in [0.25, 0.3) is 0 Å². The van der Waals surface area contributed by atoms with E-state index in [9.17, 15) is 0 Å². The van der Waals surface area contributed by atoms with Gasteiger partial charge in [0.2, 0.25) is 0 Å². The third-order valence-electron chi connectivity index (χ3n) is 1.96. The summed E-state index contributed by atoms with van der Waals surface area (Å²) in [5.74, 6) is 0. The average Bonchev–Trinajstić information content (AvgIpc) is 2.31. The van der Waals surface area contributed by atoms with Crippen LogP contribution in [0.25, 0.3) is 5.57 Å². The third-order valence-corrected chi connectivity index (χ3v) is 1.96. The Bertz CT molecular complexity index is 415. The highest BCUT2D eigenvalue weighted by Gasteiger charge is 1.94. The Balaban J connectivity index is 0.00000121. The van der Waals surface area contributed by atoms with Crippen LogP contribution >= 0.6 is 0 Å². The van der Waals surface area contributed by atoms with Gasteiger partial charge >= 0.3 is 0 Å². The first kappa shape index (κ1) is 15.2. The molecule has 0 heterocycles. The molecule has 0 spiro atoms. The molecule has 1 rings (SSSR count). The van der Waals surface area contributed by atoms with Crippen molar-refractivity contribution < 1.29 is 0 Å². The summed E-state index contributed by atoms with van der Waals surface area (Å²) in [4.78, 5) is 4.09. The zero-order valence-electron chi connectivity index (χ0n) is 11.2. The number of nitrogens with zero attached hydrogens (tertiary/aromatic N) is 1. The van der Waals surface area contributed by atoms with E-state index < -0.39 is 0 Å². The van der Waals surface area contributed by atoms with E-state index in [4.69, 9.17) is 5.73 Å². The van der Waals surface area contributed by atoms with Crippen LogP contribution in [0.2, 0.25) is 0 Å². The van der Waals surface area contributed by atoms with Gasteiger partial charge in [0.15, 0.2) is 0 Å². The van der Waals surface area contributed by atoms with Crippen molar-refractivity contribution in [2.24, 2.45) is 4.99 Å². The first-order valence-corrected chi connectivity index (χ1v) is 5.82. The second-order valence-electron chi connectivity index (χ2n) is 3.49. The second kappa shape index (κ2) is 8.34. The molecule has 0 unspecified atom stereocenters. The van der Waals surface area contributed by atoms with Crippen LogP contribution in [-0.2, 0) is 0 Å². The van der Waals surface area contributed by atoms with Crippen molar-refractivity contribution in [3.8, 4) is 0 Å². The van der Waals surface area contributed by atoms with Crippen molar-refractivity contribution in [1.29, 1.82) is 0 Å². The van der Waals surface area contributed by atoms with Crippen molar-refractivity contribution in [1.82, 2.24) is 0 Å². The first-order valence-electron chi connectivity index (χ1n) is 5.82. The van der Waals surface area contributed by atoms with Crippen molar-refractivity contribution >= 4 is 17.5 Å². The molecule has 1 aromatic rings. The molecule has 2 N–H and O–H groups in total. The van der Waals surface area contributed by atoms with Gasteiger partial charge in [-0.15, -0.1) is 0 Å². The number of aliphatic imine (C=N–C) groups is 1. The Morgan fingerprint density at radius 1 is 1.29 bits per heavy atom. The number of nitrogens with two attached hydrogens (primary N) is 1. The number of rotatable bonds is 3. The number of nitrogen functional groups attached to an aromatic ring is 1.